The molecule has 1 fully saturated rings. The largest absolute Gasteiger partial charge is 0.335 e. The van der Waals surface area contributed by atoms with Gasteiger partial charge in [0.05, 0.1) is 18.3 Å². The molecule has 0 aromatic carbocycles. The molecule has 1 amide bonds. The summed E-state index contributed by atoms with van der Waals surface area (Å²) in [4.78, 5) is 19.2. The van der Waals surface area contributed by atoms with Gasteiger partial charge in [-0.05, 0) is 19.4 Å². The first-order valence-corrected chi connectivity index (χ1v) is 7.64. The molecule has 1 unspecified atom stereocenters. The molecule has 0 radical (unpaired) electrons. The Morgan fingerprint density at radius 2 is 2.09 bits per heavy atom. The first-order chi connectivity index (χ1) is 9.58. The highest BCUT2D eigenvalue weighted by molar-refractivity contribution is 5.85. The van der Waals surface area contributed by atoms with E-state index in [2.05, 4.69) is 30.8 Å². The Morgan fingerprint density at radius 1 is 1.36 bits per heavy atom. The van der Waals surface area contributed by atoms with Gasteiger partial charge in [0.1, 0.15) is 5.82 Å². The molecular formula is C15H26Cl2N4O. The second-order valence-electron chi connectivity index (χ2n) is 6.24. The number of carbonyl (C=O) groups is 1. The minimum absolute atomic E-state index is 0. The summed E-state index contributed by atoms with van der Waals surface area (Å²) < 4.78 is 2.22. The molecule has 3 heterocycles. The summed E-state index contributed by atoms with van der Waals surface area (Å²) in [5.41, 5.74) is 2.39. The quantitative estimate of drug-likeness (QED) is 0.889. The maximum absolute atomic E-state index is 12.5. The van der Waals surface area contributed by atoms with Crippen LogP contribution in [0.4, 0.5) is 0 Å². The van der Waals surface area contributed by atoms with Crippen molar-refractivity contribution in [2.45, 2.75) is 51.6 Å². The lowest BCUT2D eigenvalue weighted by molar-refractivity contribution is -0.134. The number of amides is 1. The van der Waals surface area contributed by atoms with Crippen LogP contribution < -0.4 is 5.32 Å². The third-order valence-corrected chi connectivity index (χ3v) is 4.48. The summed E-state index contributed by atoms with van der Waals surface area (Å²) in [7, 11) is 2.09. The van der Waals surface area contributed by atoms with Crippen molar-refractivity contribution < 1.29 is 4.79 Å². The van der Waals surface area contributed by atoms with Crippen molar-refractivity contribution >= 4 is 30.7 Å². The Bertz CT molecular complexity index is 524. The van der Waals surface area contributed by atoms with Crippen LogP contribution in [0.5, 0.6) is 0 Å². The van der Waals surface area contributed by atoms with Gasteiger partial charge in [-0.25, -0.2) is 4.98 Å². The summed E-state index contributed by atoms with van der Waals surface area (Å²) in [5.74, 6) is 1.81. The lowest BCUT2D eigenvalue weighted by Gasteiger charge is -2.29. The van der Waals surface area contributed by atoms with Gasteiger partial charge in [-0.15, -0.1) is 24.8 Å². The molecule has 0 saturated carbocycles. The average Bonchev–Trinajstić information content (AvgIpc) is 3.06. The Labute approximate surface area is 144 Å². The SMILES string of the molecule is CC(C)c1nc2c(n1C)CCN(C(=O)C1CCCN1)C2.Cl.Cl. The van der Waals surface area contributed by atoms with Gasteiger partial charge < -0.3 is 14.8 Å². The minimum Gasteiger partial charge on any atom is -0.335 e. The number of fused-ring (bicyclic) bond motifs is 1. The van der Waals surface area contributed by atoms with Crippen LogP contribution in [0.15, 0.2) is 0 Å². The zero-order chi connectivity index (χ0) is 14.3. The first kappa shape index (κ1) is 19.3. The van der Waals surface area contributed by atoms with E-state index in [0.717, 1.165) is 43.9 Å². The molecule has 1 aromatic rings. The molecule has 2 aliphatic rings. The van der Waals surface area contributed by atoms with Crippen molar-refractivity contribution in [3.05, 3.63) is 17.2 Å². The predicted octanol–water partition coefficient (Wildman–Crippen LogP) is 2.02. The van der Waals surface area contributed by atoms with Gasteiger partial charge in [-0.2, -0.15) is 0 Å². The topological polar surface area (TPSA) is 50.2 Å². The maximum Gasteiger partial charge on any atom is 0.240 e. The van der Waals surface area contributed by atoms with Crippen LogP contribution in [0.3, 0.4) is 0 Å². The zero-order valence-electron chi connectivity index (χ0n) is 13.5. The maximum atomic E-state index is 12.5. The molecule has 1 aromatic heterocycles. The molecule has 1 N–H and O–H groups in total. The van der Waals surface area contributed by atoms with Gasteiger partial charge in [0.15, 0.2) is 0 Å². The number of hydrogen-bond donors (Lipinski definition) is 1. The van der Waals surface area contributed by atoms with Crippen LogP contribution in [-0.2, 0) is 24.8 Å². The van der Waals surface area contributed by atoms with Gasteiger partial charge >= 0.3 is 0 Å². The molecule has 0 spiro atoms. The molecule has 7 heteroatoms. The van der Waals surface area contributed by atoms with Gasteiger partial charge in [0, 0.05) is 31.6 Å². The number of halogens is 2. The summed E-state index contributed by atoms with van der Waals surface area (Å²) in [5, 5.41) is 3.30. The smallest absolute Gasteiger partial charge is 0.240 e. The van der Waals surface area contributed by atoms with Gasteiger partial charge in [0.2, 0.25) is 5.91 Å². The summed E-state index contributed by atoms with van der Waals surface area (Å²) in [6.45, 7) is 6.79. The third kappa shape index (κ3) is 3.42. The lowest BCUT2D eigenvalue weighted by atomic mass is 10.1. The summed E-state index contributed by atoms with van der Waals surface area (Å²) in [6.07, 6.45) is 3.00. The van der Waals surface area contributed by atoms with Crippen LogP contribution in [0.1, 0.15) is 49.8 Å². The number of nitrogens with zero attached hydrogens (tertiary/aromatic N) is 3. The van der Waals surface area contributed by atoms with E-state index < -0.39 is 0 Å². The van der Waals surface area contributed by atoms with Crippen molar-refractivity contribution in [3.8, 4) is 0 Å². The highest BCUT2D eigenvalue weighted by Gasteiger charge is 2.31. The van der Waals surface area contributed by atoms with Crippen LogP contribution in [0.2, 0.25) is 0 Å². The number of rotatable bonds is 2. The molecular weight excluding hydrogens is 323 g/mol. The van der Waals surface area contributed by atoms with E-state index in [1.54, 1.807) is 0 Å². The van der Waals surface area contributed by atoms with Crippen LogP contribution in [0, 0.1) is 0 Å². The van der Waals surface area contributed by atoms with E-state index in [1.165, 1.54) is 5.69 Å². The van der Waals surface area contributed by atoms with E-state index in [9.17, 15) is 4.79 Å². The molecule has 1 saturated heterocycles. The van der Waals surface area contributed by atoms with Gasteiger partial charge in [0.25, 0.3) is 0 Å². The van der Waals surface area contributed by atoms with E-state index in [4.69, 9.17) is 4.98 Å². The molecule has 22 heavy (non-hydrogen) atoms. The summed E-state index contributed by atoms with van der Waals surface area (Å²) in [6, 6.07) is 0.0323. The molecule has 0 aliphatic carbocycles. The fourth-order valence-corrected chi connectivity index (χ4v) is 3.37. The Hall–Kier alpha value is -0.780. The van der Waals surface area contributed by atoms with Crippen molar-refractivity contribution in [2.75, 3.05) is 13.1 Å². The molecule has 3 rings (SSSR count). The predicted molar refractivity (Wildman–Crippen MR) is 91.9 cm³/mol. The Balaban J connectivity index is 0.00000121. The Kier molecular flexibility index (Phi) is 6.71. The number of carbonyl (C=O) groups excluding carboxylic acids is 1. The number of aromatic nitrogens is 2. The van der Waals surface area contributed by atoms with E-state index in [1.807, 2.05) is 4.90 Å². The van der Waals surface area contributed by atoms with Crippen molar-refractivity contribution in [2.24, 2.45) is 7.05 Å². The molecule has 2 aliphatic heterocycles. The van der Waals surface area contributed by atoms with E-state index in [-0.39, 0.29) is 36.8 Å². The standard InChI is InChI=1S/C15H24N4O.2ClH/c1-10(2)14-17-12-9-19(8-6-13(12)18(14)3)15(20)11-5-4-7-16-11;;/h10-11,16H,4-9H2,1-3H3;2*1H. The monoisotopic (exact) mass is 348 g/mol. The molecule has 0 bridgehead atoms. The van der Waals surface area contributed by atoms with Crippen molar-refractivity contribution in [3.63, 3.8) is 0 Å². The normalized spacial score (nSPS) is 20.4. The first-order valence-electron chi connectivity index (χ1n) is 7.64. The molecule has 1 atom stereocenters. The average molecular weight is 349 g/mol. The molecule has 5 nitrogen and oxygen atoms in total. The zero-order valence-corrected chi connectivity index (χ0v) is 15.1. The minimum atomic E-state index is 0. The highest BCUT2D eigenvalue weighted by Crippen LogP contribution is 2.24. The highest BCUT2D eigenvalue weighted by atomic mass is 35.5. The van der Waals surface area contributed by atoms with Gasteiger partial charge in [-0.1, -0.05) is 13.8 Å². The fourth-order valence-electron chi connectivity index (χ4n) is 3.37. The van der Waals surface area contributed by atoms with Gasteiger partial charge in [-0.3, -0.25) is 4.79 Å². The van der Waals surface area contributed by atoms with E-state index >= 15 is 0 Å². The second kappa shape index (κ2) is 7.66. The lowest BCUT2D eigenvalue weighted by Crippen LogP contribution is -2.45. The summed E-state index contributed by atoms with van der Waals surface area (Å²) >= 11 is 0. The number of hydrogen-bond acceptors (Lipinski definition) is 3. The fraction of sp³-hybridized carbons (Fsp3) is 0.733. The van der Waals surface area contributed by atoms with Crippen molar-refractivity contribution in [1.29, 1.82) is 0 Å². The van der Waals surface area contributed by atoms with Crippen LogP contribution in [0.25, 0.3) is 0 Å². The Morgan fingerprint density at radius 3 is 2.68 bits per heavy atom. The van der Waals surface area contributed by atoms with Crippen molar-refractivity contribution in [1.82, 2.24) is 19.8 Å². The number of nitrogens with one attached hydrogen (secondary N) is 1. The second-order valence-corrected chi connectivity index (χ2v) is 6.24. The number of imidazole rings is 1. The van der Waals surface area contributed by atoms with Crippen LogP contribution in [-0.4, -0.2) is 39.5 Å². The third-order valence-electron chi connectivity index (χ3n) is 4.48. The molecule has 126 valence electrons. The van der Waals surface area contributed by atoms with Crippen LogP contribution >= 0.6 is 24.8 Å². The van der Waals surface area contributed by atoms with E-state index in [0.29, 0.717) is 12.5 Å².